The molecule has 15 heavy (non-hydrogen) atoms. The molecule has 2 N–H and O–H groups in total. The molecule has 0 fully saturated rings. The predicted octanol–water partition coefficient (Wildman–Crippen LogP) is 0.176. The van der Waals surface area contributed by atoms with Crippen molar-refractivity contribution in [3.05, 3.63) is 0 Å². The molecule has 0 aliphatic heterocycles. The lowest BCUT2D eigenvalue weighted by Crippen LogP contribution is -2.33. The summed E-state index contributed by atoms with van der Waals surface area (Å²) in [6.07, 6.45) is -0.671. The van der Waals surface area contributed by atoms with E-state index in [4.69, 9.17) is 19.9 Å². The Labute approximate surface area is 90.9 Å². The molecule has 0 spiro atoms. The van der Waals surface area contributed by atoms with Crippen LogP contribution in [0.3, 0.4) is 0 Å². The largest absolute Gasteiger partial charge is 0.461 e. The van der Waals surface area contributed by atoms with Gasteiger partial charge in [0.1, 0.15) is 6.61 Å². The highest BCUT2D eigenvalue weighted by Crippen LogP contribution is 1.94. The van der Waals surface area contributed by atoms with Gasteiger partial charge in [-0.25, -0.2) is 4.79 Å². The molecule has 0 aliphatic carbocycles. The zero-order chi connectivity index (χ0) is 11.7. The third-order valence-corrected chi connectivity index (χ3v) is 1.68. The predicted molar refractivity (Wildman–Crippen MR) is 56.5 cm³/mol. The number of rotatable bonds is 8. The summed E-state index contributed by atoms with van der Waals surface area (Å²) >= 11 is 0. The second-order valence-electron chi connectivity index (χ2n) is 3.60. The van der Waals surface area contributed by atoms with Gasteiger partial charge in [-0.05, 0) is 5.92 Å². The summed E-state index contributed by atoms with van der Waals surface area (Å²) < 4.78 is 15.0. The van der Waals surface area contributed by atoms with E-state index >= 15 is 0 Å². The first kappa shape index (κ1) is 14.3. The van der Waals surface area contributed by atoms with Crippen LogP contribution in [0.1, 0.15) is 13.8 Å². The maximum atomic E-state index is 11.2. The summed E-state index contributed by atoms with van der Waals surface area (Å²) in [6, 6.07) is 0. The van der Waals surface area contributed by atoms with Gasteiger partial charge >= 0.3 is 5.97 Å². The van der Waals surface area contributed by atoms with Crippen molar-refractivity contribution in [2.75, 3.05) is 33.5 Å². The van der Waals surface area contributed by atoms with Gasteiger partial charge in [-0.2, -0.15) is 0 Å². The van der Waals surface area contributed by atoms with Crippen LogP contribution in [0, 0.1) is 5.92 Å². The van der Waals surface area contributed by atoms with Crippen LogP contribution >= 0.6 is 0 Å². The van der Waals surface area contributed by atoms with Crippen molar-refractivity contribution in [2.45, 2.75) is 20.0 Å². The quantitative estimate of drug-likeness (QED) is 0.465. The van der Waals surface area contributed by atoms with E-state index in [2.05, 4.69) is 13.8 Å². The van der Waals surface area contributed by atoms with Crippen LogP contribution in [0.15, 0.2) is 0 Å². The van der Waals surface area contributed by atoms with Crippen molar-refractivity contribution in [3.63, 3.8) is 0 Å². The third-order valence-electron chi connectivity index (χ3n) is 1.68. The van der Waals surface area contributed by atoms with Crippen molar-refractivity contribution >= 4 is 5.97 Å². The fourth-order valence-corrected chi connectivity index (χ4v) is 0.902. The molecule has 0 saturated heterocycles. The summed E-state index contributed by atoms with van der Waals surface area (Å²) in [7, 11) is 1.42. The van der Waals surface area contributed by atoms with E-state index in [1.165, 1.54) is 7.11 Å². The molecule has 1 atom stereocenters. The molecule has 0 amide bonds. The lowest BCUT2D eigenvalue weighted by molar-refractivity contribution is -0.156. The number of hydrogen-bond donors (Lipinski definition) is 1. The average molecular weight is 219 g/mol. The van der Waals surface area contributed by atoms with Gasteiger partial charge in [-0.15, -0.1) is 0 Å². The van der Waals surface area contributed by atoms with Gasteiger partial charge < -0.3 is 19.9 Å². The Bertz CT molecular complexity index is 169. The van der Waals surface area contributed by atoms with E-state index in [0.29, 0.717) is 19.1 Å². The van der Waals surface area contributed by atoms with Crippen LogP contribution in [0.2, 0.25) is 0 Å². The molecule has 5 nitrogen and oxygen atoms in total. The number of nitrogens with two attached hydrogens (primary N) is 1. The lowest BCUT2D eigenvalue weighted by atomic mass is 10.2. The smallest absolute Gasteiger partial charge is 0.336 e. The number of ether oxygens (including phenoxy) is 3. The number of esters is 1. The second-order valence-corrected chi connectivity index (χ2v) is 3.60. The number of carbonyl (C=O) groups excluding carboxylic acids is 1. The maximum Gasteiger partial charge on any atom is 0.336 e. The normalized spacial score (nSPS) is 12.9. The maximum absolute atomic E-state index is 11.2. The second kappa shape index (κ2) is 8.64. The average Bonchev–Trinajstić information content (AvgIpc) is 2.18. The lowest BCUT2D eigenvalue weighted by Gasteiger charge is -2.12. The molecule has 0 rings (SSSR count). The van der Waals surface area contributed by atoms with E-state index in [0.717, 1.165) is 0 Å². The highest BCUT2D eigenvalue weighted by Gasteiger charge is 2.16. The first-order valence-electron chi connectivity index (χ1n) is 5.09. The molecule has 5 heteroatoms. The van der Waals surface area contributed by atoms with Gasteiger partial charge in [0.05, 0.1) is 6.61 Å². The molecule has 90 valence electrons. The SMILES string of the molecule is COC(CN)C(=O)OCCOCC(C)C. The minimum absolute atomic E-state index is 0.127. The molecule has 0 bridgehead atoms. The molecule has 0 saturated carbocycles. The molecule has 0 radical (unpaired) electrons. The number of carbonyl (C=O) groups is 1. The van der Waals surface area contributed by atoms with Crippen molar-refractivity contribution in [1.29, 1.82) is 0 Å². The van der Waals surface area contributed by atoms with Crippen molar-refractivity contribution < 1.29 is 19.0 Å². The van der Waals surface area contributed by atoms with Gasteiger partial charge in [-0.1, -0.05) is 13.8 Å². The molecule has 1 unspecified atom stereocenters. The Morgan fingerprint density at radius 3 is 2.47 bits per heavy atom. The van der Waals surface area contributed by atoms with Gasteiger partial charge in [0.15, 0.2) is 6.10 Å². The van der Waals surface area contributed by atoms with Crippen molar-refractivity contribution in [2.24, 2.45) is 11.7 Å². The fraction of sp³-hybridized carbons (Fsp3) is 0.900. The minimum atomic E-state index is -0.671. The first-order chi connectivity index (χ1) is 7.11. The Morgan fingerprint density at radius 2 is 2.00 bits per heavy atom. The van der Waals surface area contributed by atoms with E-state index in [1.54, 1.807) is 0 Å². The van der Waals surface area contributed by atoms with E-state index in [9.17, 15) is 4.79 Å². The van der Waals surface area contributed by atoms with Crippen molar-refractivity contribution in [3.8, 4) is 0 Å². The summed E-state index contributed by atoms with van der Waals surface area (Å²) in [4.78, 5) is 11.2. The van der Waals surface area contributed by atoms with Crippen LogP contribution in [0.25, 0.3) is 0 Å². The first-order valence-corrected chi connectivity index (χ1v) is 5.09. The summed E-state index contributed by atoms with van der Waals surface area (Å²) in [6.45, 7) is 5.56. The Kier molecular flexibility index (Phi) is 8.27. The molecule has 0 heterocycles. The summed E-state index contributed by atoms with van der Waals surface area (Å²) in [5, 5.41) is 0. The third kappa shape index (κ3) is 7.30. The van der Waals surface area contributed by atoms with Gasteiger partial charge in [-0.3, -0.25) is 0 Å². The molecule has 0 aliphatic rings. The molecular formula is C10H21NO4. The van der Waals surface area contributed by atoms with E-state index in [-0.39, 0.29) is 13.2 Å². The fourth-order valence-electron chi connectivity index (χ4n) is 0.902. The highest BCUT2D eigenvalue weighted by atomic mass is 16.6. The van der Waals surface area contributed by atoms with E-state index in [1.807, 2.05) is 0 Å². The molecule has 0 aromatic heterocycles. The van der Waals surface area contributed by atoms with Gasteiger partial charge in [0.2, 0.25) is 0 Å². The van der Waals surface area contributed by atoms with Crippen LogP contribution in [-0.4, -0.2) is 45.5 Å². The van der Waals surface area contributed by atoms with Gasteiger partial charge in [0.25, 0.3) is 0 Å². The topological polar surface area (TPSA) is 70.8 Å². The zero-order valence-corrected chi connectivity index (χ0v) is 9.69. The highest BCUT2D eigenvalue weighted by molar-refractivity contribution is 5.74. The zero-order valence-electron chi connectivity index (χ0n) is 9.69. The number of methoxy groups -OCH3 is 1. The van der Waals surface area contributed by atoms with Gasteiger partial charge in [0, 0.05) is 20.3 Å². The standard InChI is InChI=1S/C10H21NO4/c1-8(2)7-14-4-5-15-10(12)9(6-11)13-3/h8-9H,4-7,11H2,1-3H3. The van der Waals surface area contributed by atoms with Crippen LogP contribution in [-0.2, 0) is 19.0 Å². The summed E-state index contributed by atoms with van der Waals surface area (Å²) in [5.74, 6) is 0.0459. The monoisotopic (exact) mass is 219 g/mol. The van der Waals surface area contributed by atoms with Crippen LogP contribution in [0.5, 0.6) is 0 Å². The van der Waals surface area contributed by atoms with E-state index < -0.39 is 12.1 Å². The van der Waals surface area contributed by atoms with Crippen LogP contribution < -0.4 is 5.73 Å². The number of hydrogen-bond acceptors (Lipinski definition) is 5. The Hall–Kier alpha value is -0.650. The molecule has 0 aromatic rings. The summed E-state index contributed by atoms with van der Waals surface area (Å²) in [5.41, 5.74) is 5.30. The van der Waals surface area contributed by atoms with Crippen LogP contribution in [0.4, 0.5) is 0 Å². The Balaban J connectivity index is 3.46. The molecular weight excluding hydrogens is 198 g/mol. The molecule has 0 aromatic carbocycles. The minimum Gasteiger partial charge on any atom is -0.461 e. The Morgan fingerprint density at radius 1 is 1.33 bits per heavy atom. The van der Waals surface area contributed by atoms with Crippen molar-refractivity contribution in [1.82, 2.24) is 0 Å².